The zero-order chi connectivity index (χ0) is 15.5. The number of nitrogens with one attached hydrogen (secondary N) is 1. The van der Waals surface area contributed by atoms with Crippen molar-refractivity contribution in [2.75, 3.05) is 18.4 Å². The van der Waals surface area contributed by atoms with Gasteiger partial charge in [0.1, 0.15) is 0 Å². The predicted molar refractivity (Wildman–Crippen MR) is 76.8 cm³/mol. The first-order valence-corrected chi connectivity index (χ1v) is 6.97. The number of hydrogen-bond donors (Lipinski definition) is 2. The van der Waals surface area contributed by atoms with Gasteiger partial charge >= 0.3 is 12.0 Å². The van der Waals surface area contributed by atoms with Gasteiger partial charge in [0.05, 0.1) is 5.41 Å². The fourth-order valence-electron chi connectivity index (χ4n) is 2.46. The molecule has 1 unspecified atom stereocenters. The number of aromatic nitrogens is 2. The molecule has 2 heterocycles. The second-order valence-corrected chi connectivity index (χ2v) is 5.81. The third kappa shape index (κ3) is 3.48. The van der Waals surface area contributed by atoms with Crippen LogP contribution in [0.25, 0.3) is 0 Å². The first-order chi connectivity index (χ1) is 9.91. The van der Waals surface area contributed by atoms with Gasteiger partial charge in [0.25, 0.3) is 0 Å². The number of anilines is 1. The van der Waals surface area contributed by atoms with E-state index in [0.717, 1.165) is 12.8 Å². The molecule has 1 aromatic heterocycles. The quantitative estimate of drug-likeness (QED) is 0.886. The molecule has 0 aromatic carbocycles. The van der Waals surface area contributed by atoms with Crippen LogP contribution in [0.3, 0.4) is 0 Å². The maximum absolute atomic E-state index is 12.2. The van der Waals surface area contributed by atoms with Crippen molar-refractivity contribution in [2.45, 2.75) is 26.7 Å². The van der Waals surface area contributed by atoms with Crippen LogP contribution in [0.5, 0.6) is 0 Å². The summed E-state index contributed by atoms with van der Waals surface area (Å²) < 4.78 is 0. The van der Waals surface area contributed by atoms with Crippen molar-refractivity contribution in [1.29, 1.82) is 0 Å². The lowest BCUT2D eigenvalue weighted by atomic mass is 9.74. The Bertz CT molecular complexity index is 518. The highest BCUT2D eigenvalue weighted by molar-refractivity contribution is 5.87. The largest absolute Gasteiger partial charge is 0.481 e. The maximum atomic E-state index is 12.2. The van der Waals surface area contributed by atoms with E-state index in [4.69, 9.17) is 0 Å². The van der Waals surface area contributed by atoms with Crippen molar-refractivity contribution in [3.8, 4) is 0 Å². The van der Waals surface area contributed by atoms with Crippen molar-refractivity contribution in [2.24, 2.45) is 11.3 Å². The van der Waals surface area contributed by atoms with Crippen LogP contribution < -0.4 is 5.32 Å². The number of rotatable bonds is 3. The van der Waals surface area contributed by atoms with Crippen molar-refractivity contribution in [3.05, 3.63) is 18.5 Å². The fraction of sp³-hybridized carbons (Fsp3) is 0.571. The first-order valence-electron chi connectivity index (χ1n) is 6.97. The molecule has 2 N–H and O–H groups in total. The molecule has 1 fully saturated rings. The smallest absolute Gasteiger partial charge is 0.324 e. The van der Waals surface area contributed by atoms with Crippen LogP contribution in [0.1, 0.15) is 26.7 Å². The van der Waals surface area contributed by atoms with Gasteiger partial charge in [0.15, 0.2) is 0 Å². The number of carbonyl (C=O) groups excluding carboxylic acids is 1. The molecule has 1 aliphatic heterocycles. The van der Waals surface area contributed by atoms with Gasteiger partial charge in [-0.1, -0.05) is 0 Å². The van der Waals surface area contributed by atoms with E-state index < -0.39 is 11.4 Å². The van der Waals surface area contributed by atoms with Crippen molar-refractivity contribution >= 4 is 17.9 Å². The predicted octanol–water partition coefficient (Wildman–Crippen LogP) is 1.83. The third-order valence-electron chi connectivity index (χ3n) is 4.06. The van der Waals surface area contributed by atoms with Crippen LogP contribution in [-0.2, 0) is 4.79 Å². The van der Waals surface area contributed by atoms with E-state index >= 15 is 0 Å². The summed E-state index contributed by atoms with van der Waals surface area (Å²) in [6.07, 6.45) is 4.71. The number of likely N-dealkylation sites (tertiary alicyclic amines) is 1. The van der Waals surface area contributed by atoms with Gasteiger partial charge in [0, 0.05) is 25.5 Å². The Morgan fingerprint density at radius 1 is 1.38 bits per heavy atom. The lowest BCUT2D eigenvalue weighted by Crippen LogP contribution is -2.48. The van der Waals surface area contributed by atoms with Crippen LogP contribution in [0, 0.1) is 11.3 Å². The van der Waals surface area contributed by atoms with Gasteiger partial charge < -0.3 is 10.0 Å². The number of nitrogens with zero attached hydrogens (tertiary/aromatic N) is 3. The van der Waals surface area contributed by atoms with Crippen molar-refractivity contribution in [1.82, 2.24) is 14.9 Å². The SMILES string of the molecule is CC(C)(C(=O)O)C1CCCN(C(=O)Nc2ncccn2)C1. The Morgan fingerprint density at radius 2 is 2.05 bits per heavy atom. The molecule has 0 aliphatic carbocycles. The molecule has 0 bridgehead atoms. The zero-order valence-corrected chi connectivity index (χ0v) is 12.2. The standard InChI is InChI=1S/C14H20N4O3/c1-14(2,11(19)20)10-5-3-8-18(9-10)13(21)17-12-15-6-4-7-16-12/h4,6-7,10H,3,5,8-9H2,1-2H3,(H,19,20)(H,15,16,17,21). The molecule has 7 heteroatoms. The van der Waals surface area contributed by atoms with Gasteiger partial charge in [-0.2, -0.15) is 0 Å². The molecule has 1 aromatic rings. The number of carboxylic acid groups (broad SMARTS) is 1. The minimum Gasteiger partial charge on any atom is -0.481 e. The molecule has 21 heavy (non-hydrogen) atoms. The Hall–Kier alpha value is -2.18. The van der Waals surface area contributed by atoms with E-state index in [1.807, 2.05) is 0 Å². The molecular weight excluding hydrogens is 272 g/mol. The summed E-state index contributed by atoms with van der Waals surface area (Å²) in [5.74, 6) is -0.644. The van der Waals surface area contributed by atoms with E-state index in [-0.39, 0.29) is 17.9 Å². The highest BCUT2D eigenvalue weighted by Gasteiger charge is 2.40. The second kappa shape index (κ2) is 6.07. The number of carboxylic acids is 1. The number of urea groups is 1. The molecule has 1 aliphatic rings. The topological polar surface area (TPSA) is 95.4 Å². The normalized spacial score (nSPS) is 19.1. The second-order valence-electron chi connectivity index (χ2n) is 5.81. The van der Waals surface area contributed by atoms with E-state index in [2.05, 4.69) is 15.3 Å². The molecule has 7 nitrogen and oxygen atoms in total. The van der Waals surface area contributed by atoms with E-state index in [9.17, 15) is 14.7 Å². The number of amides is 2. The molecule has 2 amide bonds. The van der Waals surface area contributed by atoms with Crippen LogP contribution in [0.4, 0.5) is 10.7 Å². The molecule has 1 saturated heterocycles. The van der Waals surface area contributed by atoms with Gasteiger partial charge in [-0.3, -0.25) is 10.1 Å². The summed E-state index contributed by atoms with van der Waals surface area (Å²) in [6.45, 7) is 4.46. The summed E-state index contributed by atoms with van der Waals surface area (Å²) in [6, 6.07) is 1.38. The monoisotopic (exact) mass is 292 g/mol. The molecular formula is C14H20N4O3. The van der Waals surface area contributed by atoms with Crippen molar-refractivity contribution in [3.63, 3.8) is 0 Å². The molecule has 0 saturated carbocycles. The van der Waals surface area contributed by atoms with Crippen LogP contribution in [0.2, 0.25) is 0 Å². The molecule has 0 radical (unpaired) electrons. The highest BCUT2D eigenvalue weighted by atomic mass is 16.4. The molecule has 114 valence electrons. The maximum Gasteiger partial charge on any atom is 0.324 e. The number of hydrogen-bond acceptors (Lipinski definition) is 4. The Kier molecular flexibility index (Phi) is 4.40. The summed E-state index contributed by atoms with van der Waals surface area (Å²) in [5, 5.41) is 11.9. The van der Waals surface area contributed by atoms with Crippen LogP contribution in [-0.4, -0.2) is 45.1 Å². The van der Waals surface area contributed by atoms with Crippen molar-refractivity contribution < 1.29 is 14.7 Å². The van der Waals surface area contributed by atoms with Crippen LogP contribution >= 0.6 is 0 Å². The van der Waals surface area contributed by atoms with Gasteiger partial charge in [-0.05, 0) is 38.7 Å². The zero-order valence-electron chi connectivity index (χ0n) is 12.2. The average Bonchev–Trinajstić information content (AvgIpc) is 2.48. The van der Waals surface area contributed by atoms with Gasteiger partial charge in [-0.15, -0.1) is 0 Å². The van der Waals surface area contributed by atoms with Gasteiger partial charge in [0.2, 0.25) is 5.95 Å². The lowest BCUT2D eigenvalue weighted by Gasteiger charge is -2.39. The third-order valence-corrected chi connectivity index (χ3v) is 4.06. The lowest BCUT2D eigenvalue weighted by molar-refractivity contribution is -0.151. The Labute approximate surface area is 123 Å². The van der Waals surface area contributed by atoms with Gasteiger partial charge in [-0.25, -0.2) is 14.8 Å². The summed E-state index contributed by atoms with van der Waals surface area (Å²) in [4.78, 5) is 33.1. The number of piperidine rings is 1. The minimum absolute atomic E-state index is 0.0637. The minimum atomic E-state index is -0.845. The number of carbonyl (C=O) groups is 2. The summed E-state index contributed by atoms with van der Waals surface area (Å²) >= 11 is 0. The van der Waals surface area contributed by atoms with E-state index in [1.54, 1.807) is 37.2 Å². The Balaban J connectivity index is 2.01. The number of aliphatic carboxylic acids is 1. The molecule has 1 atom stereocenters. The fourth-order valence-corrected chi connectivity index (χ4v) is 2.46. The average molecular weight is 292 g/mol. The Morgan fingerprint density at radius 3 is 2.67 bits per heavy atom. The molecule has 0 spiro atoms. The van der Waals surface area contributed by atoms with E-state index in [0.29, 0.717) is 13.1 Å². The van der Waals surface area contributed by atoms with Crippen LogP contribution in [0.15, 0.2) is 18.5 Å². The van der Waals surface area contributed by atoms with E-state index in [1.165, 1.54) is 0 Å². The highest BCUT2D eigenvalue weighted by Crippen LogP contribution is 2.34. The summed E-state index contributed by atoms with van der Waals surface area (Å²) in [7, 11) is 0. The molecule has 2 rings (SSSR count). The first kappa shape index (κ1) is 15.2. The summed E-state index contributed by atoms with van der Waals surface area (Å²) in [5.41, 5.74) is -0.845.